The van der Waals surface area contributed by atoms with Gasteiger partial charge in [-0.25, -0.2) is 0 Å². The molecule has 3 rings (SSSR count). The summed E-state index contributed by atoms with van der Waals surface area (Å²) in [5, 5.41) is 3.62. The van der Waals surface area contributed by atoms with E-state index in [1.807, 2.05) is 0 Å². The minimum atomic E-state index is 0.553. The molecule has 0 bridgehead atoms. The van der Waals surface area contributed by atoms with Crippen molar-refractivity contribution in [3.8, 4) is 0 Å². The minimum Gasteiger partial charge on any atom is -0.316 e. The quantitative estimate of drug-likeness (QED) is 0.834. The van der Waals surface area contributed by atoms with E-state index in [9.17, 15) is 0 Å². The van der Waals surface area contributed by atoms with Crippen molar-refractivity contribution < 1.29 is 0 Å². The van der Waals surface area contributed by atoms with E-state index in [-0.39, 0.29) is 0 Å². The lowest BCUT2D eigenvalue weighted by molar-refractivity contribution is 0.0820. The monoisotopic (exact) mass is 315 g/mol. The van der Waals surface area contributed by atoms with Crippen molar-refractivity contribution in [2.75, 3.05) is 45.8 Å². The highest BCUT2D eigenvalue weighted by molar-refractivity contribution is 5.14. The molecule has 0 atom stereocenters. The summed E-state index contributed by atoms with van der Waals surface area (Å²) in [4.78, 5) is 5.33. The Bertz CT molecular complexity index is 445. The molecule has 2 fully saturated rings. The maximum atomic E-state index is 3.62. The Morgan fingerprint density at radius 1 is 0.957 bits per heavy atom. The van der Waals surface area contributed by atoms with E-state index in [1.54, 1.807) is 0 Å². The van der Waals surface area contributed by atoms with Gasteiger partial charge in [0.05, 0.1) is 0 Å². The number of hydrogen-bond donors (Lipinski definition) is 1. The molecule has 1 saturated heterocycles. The molecule has 1 aliphatic carbocycles. The van der Waals surface area contributed by atoms with Gasteiger partial charge in [0, 0.05) is 45.8 Å². The summed E-state index contributed by atoms with van der Waals surface area (Å²) >= 11 is 0. The van der Waals surface area contributed by atoms with Gasteiger partial charge in [-0.2, -0.15) is 0 Å². The van der Waals surface area contributed by atoms with Crippen molar-refractivity contribution in [2.45, 2.75) is 39.2 Å². The Labute approximate surface area is 142 Å². The molecule has 1 N–H and O–H groups in total. The smallest absolute Gasteiger partial charge is 0.0234 e. The third-order valence-corrected chi connectivity index (χ3v) is 5.69. The third-order valence-electron chi connectivity index (χ3n) is 5.69. The summed E-state index contributed by atoms with van der Waals surface area (Å²) in [6, 6.07) is 10.9. The van der Waals surface area contributed by atoms with Gasteiger partial charge in [-0.15, -0.1) is 0 Å². The van der Waals surface area contributed by atoms with Crippen LogP contribution in [0.25, 0.3) is 0 Å². The van der Waals surface area contributed by atoms with Crippen LogP contribution in [0, 0.1) is 5.41 Å². The Morgan fingerprint density at radius 2 is 1.61 bits per heavy atom. The Balaban J connectivity index is 1.46. The summed E-state index contributed by atoms with van der Waals surface area (Å²) in [5.74, 6) is 0. The van der Waals surface area contributed by atoms with Crippen LogP contribution in [0.4, 0.5) is 0 Å². The van der Waals surface area contributed by atoms with Crippen LogP contribution in [0.5, 0.6) is 0 Å². The highest BCUT2D eigenvalue weighted by Gasteiger charge is 2.35. The molecule has 3 nitrogen and oxygen atoms in total. The normalized spacial score (nSPS) is 22.5. The van der Waals surface area contributed by atoms with Crippen molar-refractivity contribution >= 4 is 0 Å². The largest absolute Gasteiger partial charge is 0.316 e. The molecule has 3 heteroatoms. The highest BCUT2D eigenvalue weighted by Crippen LogP contribution is 2.38. The number of nitrogens with zero attached hydrogens (tertiary/aromatic N) is 2. The van der Waals surface area contributed by atoms with Gasteiger partial charge in [0.15, 0.2) is 0 Å². The van der Waals surface area contributed by atoms with Crippen LogP contribution in [0.2, 0.25) is 0 Å². The summed E-state index contributed by atoms with van der Waals surface area (Å²) in [6.45, 7) is 11.9. The van der Waals surface area contributed by atoms with Crippen molar-refractivity contribution in [1.29, 1.82) is 0 Å². The third kappa shape index (κ3) is 4.79. The highest BCUT2D eigenvalue weighted by atomic mass is 15.3. The first-order valence-electron chi connectivity index (χ1n) is 9.49. The van der Waals surface area contributed by atoms with Crippen molar-refractivity contribution in [2.24, 2.45) is 5.41 Å². The molecule has 0 unspecified atom stereocenters. The average Bonchev–Trinajstić information content (AvgIpc) is 3.05. The van der Waals surface area contributed by atoms with Gasteiger partial charge < -0.3 is 10.2 Å². The molecule has 2 aliphatic rings. The van der Waals surface area contributed by atoms with Gasteiger partial charge >= 0.3 is 0 Å². The fraction of sp³-hybridized carbons (Fsp3) is 0.700. The number of hydrogen-bond acceptors (Lipinski definition) is 3. The molecule has 1 aromatic rings. The van der Waals surface area contributed by atoms with Crippen molar-refractivity contribution in [1.82, 2.24) is 15.1 Å². The zero-order chi connectivity index (χ0) is 16.0. The molecule has 1 saturated carbocycles. The second-order valence-electron chi connectivity index (χ2n) is 7.53. The molecule has 23 heavy (non-hydrogen) atoms. The first kappa shape index (κ1) is 16.9. The second kappa shape index (κ2) is 8.27. The summed E-state index contributed by atoms with van der Waals surface area (Å²) in [7, 11) is 0. The van der Waals surface area contributed by atoms with Gasteiger partial charge in [-0.3, -0.25) is 4.90 Å². The van der Waals surface area contributed by atoms with Crippen molar-refractivity contribution in [3.05, 3.63) is 35.9 Å². The predicted molar refractivity (Wildman–Crippen MR) is 97.6 cm³/mol. The molecule has 0 amide bonds. The van der Waals surface area contributed by atoms with Crippen LogP contribution in [-0.4, -0.2) is 55.6 Å². The van der Waals surface area contributed by atoms with Crippen LogP contribution < -0.4 is 5.32 Å². The van der Waals surface area contributed by atoms with Gasteiger partial charge in [0.25, 0.3) is 0 Å². The lowest BCUT2D eigenvalue weighted by atomic mass is 9.85. The van der Waals surface area contributed by atoms with Gasteiger partial charge in [0.1, 0.15) is 0 Å². The first-order chi connectivity index (χ1) is 11.3. The number of rotatable bonds is 7. The SMILES string of the molecule is CCNCC1(CN2CCN(Cc3ccccc3)CC2)CCCC1. The molecular weight excluding hydrogens is 282 g/mol. The second-order valence-corrected chi connectivity index (χ2v) is 7.53. The Kier molecular flexibility index (Phi) is 6.09. The zero-order valence-electron chi connectivity index (χ0n) is 14.8. The van der Waals surface area contributed by atoms with Crippen LogP contribution >= 0.6 is 0 Å². The van der Waals surface area contributed by atoms with E-state index in [2.05, 4.69) is 52.4 Å². The van der Waals surface area contributed by atoms with Gasteiger partial charge in [-0.05, 0) is 30.4 Å². The molecule has 1 heterocycles. The molecule has 0 radical (unpaired) electrons. The fourth-order valence-corrected chi connectivity index (χ4v) is 4.33. The van der Waals surface area contributed by atoms with Crippen LogP contribution in [0.15, 0.2) is 30.3 Å². The number of benzene rings is 1. The van der Waals surface area contributed by atoms with Crippen molar-refractivity contribution in [3.63, 3.8) is 0 Å². The topological polar surface area (TPSA) is 18.5 Å². The number of nitrogens with one attached hydrogen (secondary N) is 1. The number of piperazine rings is 1. The molecule has 0 aromatic heterocycles. The van der Waals surface area contributed by atoms with E-state index in [1.165, 1.54) is 70.5 Å². The van der Waals surface area contributed by atoms with Gasteiger partial charge in [0.2, 0.25) is 0 Å². The minimum absolute atomic E-state index is 0.553. The zero-order valence-corrected chi connectivity index (χ0v) is 14.8. The predicted octanol–water partition coefficient (Wildman–Crippen LogP) is 2.97. The average molecular weight is 316 g/mol. The molecule has 1 aliphatic heterocycles. The Hall–Kier alpha value is -0.900. The fourth-order valence-electron chi connectivity index (χ4n) is 4.33. The molecular formula is C20H33N3. The molecule has 128 valence electrons. The molecule has 0 spiro atoms. The van der Waals surface area contributed by atoms with E-state index < -0.39 is 0 Å². The van der Waals surface area contributed by atoms with Crippen LogP contribution in [0.1, 0.15) is 38.2 Å². The Morgan fingerprint density at radius 3 is 2.26 bits per heavy atom. The maximum Gasteiger partial charge on any atom is 0.0234 e. The van der Waals surface area contributed by atoms with Gasteiger partial charge in [-0.1, -0.05) is 50.1 Å². The van der Waals surface area contributed by atoms with E-state index in [0.717, 1.165) is 13.1 Å². The maximum absolute atomic E-state index is 3.62. The molecule has 1 aromatic carbocycles. The van der Waals surface area contributed by atoms with E-state index in [4.69, 9.17) is 0 Å². The lowest BCUT2D eigenvalue weighted by Crippen LogP contribution is -2.51. The standard InChI is InChI=1S/C20H33N3/c1-2-21-17-20(10-6-7-11-20)18-23-14-12-22(13-15-23)16-19-8-4-3-5-9-19/h3-5,8-9,21H,2,6-7,10-18H2,1H3. The summed E-state index contributed by atoms with van der Waals surface area (Å²) in [6.07, 6.45) is 5.70. The first-order valence-corrected chi connectivity index (χ1v) is 9.49. The lowest BCUT2D eigenvalue weighted by Gasteiger charge is -2.40. The van der Waals surface area contributed by atoms with E-state index >= 15 is 0 Å². The summed E-state index contributed by atoms with van der Waals surface area (Å²) in [5.41, 5.74) is 2.00. The summed E-state index contributed by atoms with van der Waals surface area (Å²) < 4.78 is 0. The van der Waals surface area contributed by atoms with Crippen LogP contribution in [0.3, 0.4) is 0 Å². The van der Waals surface area contributed by atoms with E-state index in [0.29, 0.717) is 5.41 Å². The van der Waals surface area contributed by atoms with Crippen LogP contribution in [-0.2, 0) is 6.54 Å².